The molecule has 1 atom stereocenters. The Bertz CT molecular complexity index is 858. The van der Waals surface area contributed by atoms with E-state index < -0.39 is 6.10 Å². The molecule has 0 fully saturated rings. The van der Waals surface area contributed by atoms with Gasteiger partial charge in [-0.2, -0.15) is 0 Å². The number of nitrogens with zero attached hydrogens (tertiary/aromatic N) is 3. The molecule has 1 amide bonds. The normalized spacial score (nSPS) is 16.6. The summed E-state index contributed by atoms with van der Waals surface area (Å²) in [6.45, 7) is 0.325. The Morgan fingerprint density at radius 3 is 3.04 bits per heavy atom. The van der Waals surface area contributed by atoms with Crippen molar-refractivity contribution in [2.75, 3.05) is 0 Å². The molecule has 3 heterocycles. The summed E-state index contributed by atoms with van der Waals surface area (Å²) in [5.74, 6) is 1.38. The van der Waals surface area contributed by atoms with Gasteiger partial charge in [-0.3, -0.25) is 9.20 Å². The summed E-state index contributed by atoms with van der Waals surface area (Å²) in [7, 11) is 0. The van der Waals surface area contributed by atoms with Gasteiger partial charge in [0.05, 0.1) is 6.54 Å². The molecule has 116 valence electrons. The zero-order valence-corrected chi connectivity index (χ0v) is 12.5. The van der Waals surface area contributed by atoms with Crippen LogP contribution in [0.5, 0.6) is 5.75 Å². The molecule has 1 aliphatic rings. The molecule has 23 heavy (non-hydrogen) atoms. The molecule has 4 rings (SSSR count). The van der Waals surface area contributed by atoms with Gasteiger partial charge in [-0.25, -0.2) is 0 Å². The van der Waals surface area contributed by atoms with Crippen LogP contribution in [0.2, 0.25) is 0 Å². The average molecular weight is 308 g/mol. The van der Waals surface area contributed by atoms with Gasteiger partial charge in [-0.1, -0.05) is 24.3 Å². The Hall–Kier alpha value is -2.89. The first kappa shape index (κ1) is 13.8. The van der Waals surface area contributed by atoms with Gasteiger partial charge in [-0.15, -0.1) is 10.2 Å². The van der Waals surface area contributed by atoms with E-state index in [0.29, 0.717) is 18.8 Å². The van der Waals surface area contributed by atoms with E-state index in [9.17, 15) is 4.79 Å². The molecule has 6 nitrogen and oxygen atoms in total. The molecule has 0 aliphatic carbocycles. The Balaban J connectivity index is 1.43. The van der Waals surface area contributed by atoms with Gasteiger partial charge in [0.2, 0.25) is 0 Å². The fourth-order valence-electron chi connectivity index (χ4n) is 2.80. The van der Waals surface area contributed by atoms with Crippen molar-refractivity contribution in [2.45, 2.75) is 25.5 Å². The number of aromatic nitrogens is 3. The highest BCUT2D eigenvalue weighted by molar-refractivity contribution is 5.81. The van der Waals surface area contributed by atoms with E-state index in [2.05, 4.69) is 15.5 Å². The van der Waals surface area contributed by atoms with Gasteiger partial charge >= 0.3 is 0 Å². The van der Waals surface area contributed by atoms with Crippen LogP contribution in [0.4, 0.5) is 0 Å². The minimum Gasteiger partial charge on any atom is -0.480 e. The maximum absolute atomic E-state index is 12.3. The molecule has 1 aliphatic heterocycles. The number of carbonyl (C=O) groups excluding carboxylic acids is 1. The summed E-state index contributed by atoms with van der Waals surface area (Å²) in [5.41, 5.74) is 1.92. The molecule has 1 N–H and O–H groups in total. The van der Waals surface area contributed by atoms with Crippen molar-refractivity contribution in [1.29, 1.82) is 0 Å². The zero-order valence-electron chi connectivity index (χ0n) is 12.5. The first-order valence-electron chi connectivity index (χ1n) is 7.62. The molecule has 2 aromatic heterocycles. The smallest absolute Gasteiger partial charge is 0.261 e. The van der Waals surface area contributed by atoms with E-state index in [0.717, 1.165) is 23.4 Å². The fourth-order valence-corrected chi connectivity index (χ4v) is 2.80. The summed E-state index contributed by atoms with van der Waals surface area (Å²) < 4.78 is 7.65. The van der Waals surface area contributed by atoms with Crippen LogP contribution in [0.25, 0.3) is 5.65 Å². The molecule has 0 saturated heterocycles. The first-order valence-corrected chi connectivity index (χ1v) is 7.62. The number of nitrogens with one attached hydrogen (secondary N) is 1. The van der Waals surface area contributed by atoms with Crippen LogP contribution < -0.4 is 10.1 Å². The van der Waals surface area contributed by atoms with Crippen molar-refractivity contribution in [3.63, 3.8) is 0 Å². The molecule has 0 saturated carbocycles. The van der Waals surface area contributed by atoms with E-state index in [1.165, 1.54) is 0 Å². The van der Waals surface area contributed by atoms with E-state index in [4.69, 9.17) is 4.74 Å². The van der Waals surface area contributed by atoms with Crippen LogP contribution in [-0.4, -0.2) is 26.6 Å². The summed E-state index contributed by atoms with van der Waals surface area (Å²) >= 11 is 0. The second-order valence-electron chi connectivity index (χ2n) is 5.52. The minimum absolute atomic E-state index is 0.118. The highest BCUT2D eigenvalue weighted by atomic mass is 16.5. The maximum Gasteiger partial charge on any atom is 0.261 e. The standard InChI is InChI=1S/C17H16N4O2/c22-17(14-9-8-12-5-1-2-6-13(12)23-14)18-11-16-20-19-15-7-3-4-10-21(15)16/h1-7,10,14H,8-9,11H2,(H,18,22). The van der Waals surface area contributed by atoms with Crippen molar-refractivity contribution in [1.82, 2.24) is 19.9 Å². The maximum atomic E-state index is 12.3. The van der Waals surface area contributed by atoms with Crippen molar-refractivity contribution >= 4 is 11.6 Å². The molecular formula is C17H16N4O2. The number of amides is 1. The Labute approximate surface area is 133 Å². The Kier molecular flexibility index (Phi) is 3.42. The number of pyridine rings is 1. The van der Waals surface area contributed by atoms with Gasteiger partial charge in [0, 0.05) is 6.20 Å². The third-order valence-corrected chi connectivity index (χ3v) is 4.02. The van der Waals surface area contributed by atoms with E-state index >= 15 is 0 Å². The van der Waals surface area contributed by atoms with Crippen LogP contribution in [0, 0.1) is 0 Å². The number of hydrogen-bond donors (Lipinski definition) is 1. The van der Waals surface area contributed by atoms with E-state index in [1.54, 1.807) is 0 Å². The lowest BCUT2D eigenvalue weighted by atomic mass is 10.0. The lowest BCUT2D eigenvalue weighted by molar-refractivity contribution is -0.128. The molecule has 0 spiro atoms. The van der Waals surface area contributed by atoms with Crippen molar-refractivity contribution in [3.8, 4) is 5.75 Å². The van der Waals surface area contributed by atoms with Gasteiger partial charge in [0.1, 0.15) is 5.75 Å². The topological polar surface area (TPSA) is 68.5 Å². The van der Waals surface area contributed by atoms with Crippen molar-refractivity contribution in [2.24, 2.45) is 0 Å². The number of benzene rings is 1. The highest BCUT2D eigenvalue weighted by Gasteiger charge is 2.25. The number of para-hydroxylation sites is 1. The van der Waals surface area contributed by atoms with Crippen molar-refractivity contribution in [3.05, 3.63) is 60.0 Å². The number of aryl methyl sites for hydroxylation is 1. The number of ether oxygens (including phenoxy) is 1. The fraction of sp³-hybridized carbons (Fsp3) is 0.235. The summed E-state index contributed by atoms with van der Waals surface area (Å²) in [6.07, 6.45) is 2.96. The number of hydrogen-bond acceptors (Lipinski definition) is 4. The van der Waals surface area contributed by atoms with Gasteiger partial charge < -0.3 is 10.1 Å². The summed E-state index contributed by atoms with van der Waals surface area (Å²) in [6, 6.07) is 13.5. The predicted molar refractivity (Wildman–Crippen MR) is 84.0 cm³/mol. The monoisotopic (exact) mass is 308 g/mol. The Morgan fingerprint density at radius 2 is 2.09 bits per heavy atom. The zero-order chi connectivity index (χ0) is 15.6. The highest BCUT2D eigenvalue weighted by Crippen LogP contribution is 2.27. The lowest BCUT2D eigenvalue weighted by Crippen LogP contribution is -2.40. The molecule has 0 bridgehead atoms. The van der Waals surface area contributed by atoms with Gasteiger partial charge in [0.15, 0.2) is 17.6 Å². The first-order chi connectivity index (χ1) is 11.3. The second kappa shape index (κ2) is 5.72. The largest absolute Gasteiger partial charge is 0.480 e. The number of rotatable bonds is 3. The third-order valence-electron chi connectivity index (χ3n) is 4.02. The number of fused-ring (bicyclic) bond motifs is 2. The van der Waals surface area contributed by atoms with Gasteiger partial charge in [0.25, 0.3) is 5.91 Å². The predicted octanol–water partition coefficient (Wildman–Crippen LogP) is 1.74. The average Bonchev–Trinajstić information content (AvgIpc) is 3.02. The lowest BCUT2D eigenvalue weighted by Gasteiger charge is -2.25. The molecule has 0 radical (unpaired) electrons. The van der Waals surface area contributed by atoms with E-state index in [-0.39, 0.29) is 5.91 Å². The Morgan fingerprint density at radius 1 is 1.22 bits per heavy atom. The summed E-state index contributed by atoms with van der Waals surface area (Å²) in [4.78, 5) is 12.3. The summed E-state index contributed by atoms with van der Waals surface area (Å²) in [5, 5.41) is 11.1. The van der Waals surface area contributed by atoms with Crippen LogP contribution in [-0.2, 0) is 17.8 Å². The molecular weight excluding hydrogens is 292 g/mol. The van der Waals surface area contributed by atoms with Crippen molar-refractivity contribution < 1.29 is 9.53 Å². The molecule has 1 aromatic carbocycles. The molecule has 1 unspecified atom stereocenters. The number of carbonyl (C=O) groups is 1. The van der Waals surface area contributed by atoms with Gasteiger partial charge in [-0.05, 0) is 36.6 Å². The van der Waals surface area contributed by atoms with Crippen LogP contribution in [0.1, 0.15) is 17.8 Å². The quantitative estimate of drug-likeness (QED) is 0.800. The van der Waals surface area contributed by atoms with Crippen LogP contribution in [0.15, 0.2) is 48.7 Å². The van der Waals surface area contributed by atoms with Crippen LogP contribution >= 0.6 is 0 Å². The van der Waals surface area contributed by atoms with E-state index in [1.807, 2.05) is 53.1 Å². The third kappa shape index (κ3) is 2.63. The molecule has 6 heteroatoms. The van der Waals surface area contributed by atoms with Crippen LogP contribution in [0.3, 0.4) is 0 Å². The SMILES string of the molecule is O=C(NCc1nnc2ccccn12)C1CCc2ccccc2O1. The second-order valence-corrected chi connectivity index (χ2v) is 5.52. The minimum atomic E-state index is -0.455. The molecule has 3 aromatic rings.